The van der Waals surface area contributed by atoms with Gasteiger partial charge in [0.15, 0.2) is 17.5 Å². The average Bonchev–Trinajstić information content (AvgIpc) is 2.13. The van der Waals surface area contributed by atoms with Gasteiger partial charge in [-0.15, -0.1) is 0 Å². The summed E-state index contributed by atoms with van der Waals surface area (Å²) in [6, 6.07) is 0.504. The van der Waals surface area contributed by atoms with E-state index >= 15 is 0 Å². The molecule has 2 nitrogen and oxygen atoms in total. The smallest absolute Gasteiger partial charge is 0.421 e. The number of ether oxygens (including phenoxy) is 1. The van der Waals surface area contributed by atoms with Gasteiger partial charge in [0.05, 0.1) is 0 Å². The number of halogens is 5. The molecule has 0 saturated carbocycles. The topological polar surface area (TPSA) is 29.5 Å². The van der Waals surface area contributed by atoms with Crippen LogP contribution in [0.4, 0.5) is 22.0 Å². The number of rotatable bonds is 3. The maximum atomic E-state index is 12.5. The summed E-state index contributed by atoms with van der Waals surface area (Å²) >= 11 is 0. The normalized spacial score (nSPS) is 11.6. The maximum Gasteiger partial charge on any atom is 0.421 e. The quantitative estimate of drug-likeness (QED) is 0.633. The fourth-order valence-electron chi connectivity index (χ4n) is 0.796. The highest BCUT2D eigenvalue weighted by Gasteiger charge is 2.31. The van der Waals surface area contributed by atoms with Crippen molar-refractivity contribution in [2.45, 2.75) is 6.11 Å². The minimum absolute atomic E-state index is 0.252. The summed E-state index contributed by atoms with van der Waals surface area (Å²) in [5.41, 5.74) is 0. The summed E-state index contributed by atoms with van der Waals surface area (Å²) < 4.78 is 65.9. The average molecular weight is 228 g/mol. The molecule has 1 N–H and O–H groups in total. The Morgan fingerprint density at radius 3 is 2.00 bits per heavy atom. The minimum Gasteiger partial charge on any atom is -0.431 e. The molecule has 1 rings (SSSR count). The Bertz CT molecular complexity index is 343. The van der Waals surface area contributed by atoms with Gasteiger partial charge in [-0.25, -0.2) is 13.2 Å². The number of aliphatic hydroxyl groups excluding tert-OH is 1. The van der Waals surface area contributed by atoms with Crippen LogP contribution >= 0.6 is 0 Å². The van der Waals surface area contributed by atoms with E-state index in [9.17, 15) is 22.0 Å². The van der Waals surface area contributed by atoms with E-state index in [-0.39, 0.29) is 12.1 Å². The summed E-state index contributed by atoms with van der Waals surface area (Å²) in [6.07, 6.45) is -3.98. The fraction of sp³-hybridized carbons (Fsp3) is 0.250. The van der Waals surface area contributed by atoms with Gasteiger partial charge in [0, 0.05) is 12.1 Å². The summed E-state index contributed by atoms with van der Waals surface area (Å²) in [7, 11) is 0. The lowest BCUT2D eigenvalue weighted by atomic mass is 10.3. The molecule has 1 aromatic carbocycles. The molecule has 0 fully saturated rings. The highest BCUT2D eigenvalue weighted by Crippen LogP contribution is 2.24. The van der Waals surface area contributed by atoms with E-state index in [4.69, 9.17) is 5.11 Å². The van der Waals surface area contributed by atoms with E-state index in [1.165, 1.54) is 0 Å². The van der Waals surface area contributed by atoms with Gasteiger partial charge in [-0.1, -0.05) is 0 Å². The van der Waals surface area contributed by atoms with E-state index in [0.29, 0.717) is 0 Å². The zero-order chi connectivity index (χ0) is 11.6. The van der Waals surface area contributed by atoms with Crippen LogP contribution in [0.1, 0.15) is 0 Å². The van der Waals surface area contributed by atoms with Crippen molar-refractivity contribution in [1.82, 2.24) is 0 Å². The molecule has 0 aromatic heterocycles. The Labute approximate surface area is 80.9 Å². The van der Waals surface area contributed by atoms with Crippen LogP contribution in [-0.2, 0) is 0 Å². The summed E-state index contributed by atoms with van der Waals surface area (Å²) in [5.74, 6) is -6.00. The predicted molar refractivity (Wildman–Crippen MR) is 39.0 cm³/mol. The minimum atomic E-state index is -3.98. The van der Waals surface area contributed by atoms with Gasteiger partial charge < -0.3 is 9.84 Å². The molecule has 7 heteroatoms. The van der Waals surface area contributed by atoms with E-state index in [2.05, 4.69) is 4.74 Å². The molecule has 0 spiro atoms. The van der Waals surface area contributed by atoms with Crippen molar-refractivity contribution < 1.29 is 31.8 Å². The molecule has 0 aliphatic rings. The SMILES string of the molecule is OCC(F)(F)Oc1cc(F)c(F)c(F)c1. The third-order valence-corrected chi connectivity index (χ3v) is 1.41. The Hall–Kier alpha value is -1.37. The molecule has 15 heavy (non-hydrogen) atoms. The third kappa shape index (κ3) is 2.79. The Morgan fingerprint density at radius 2 is 1.60 bits per heavy atom. The van der Waals surface area contributed by atoms with Crippen molar-refractivity contribution >= 4 is 0 Å². The molecule has 0 bridgehead atoms. The maximum absolute atomic E-state index is 12.5. The van der Waals surface area contributed by atoms with Crippen LogP contribution in [-0.4, -0.2) is 17.8 Å². The van der Waals surface area contributed by atoms with Crippen molar-refractivity contribution in [3.8, 4) is 5.75 Å². The van der Waals surface area contributed by atoms with E-state index in [1.807, 2.05) is 0 Å². The first-order valence-corrected chi connectivity index (χ1v) is 3.68. The van der Waals surface area contributed by atoms with Gasteiger partial charge >= 0.3 is 6.11 Å². The van der Waals surface area contributed by atoms with Crippen molar-refractivity contribution in [2.75, 3.05) is 6.61 Å². The fourth-order valence-corrected chi connectivity index (χ4v) is 0.796. The number of hydrogen-bond donors (Lipinski definition) is 1. The lowest BCUT2D eigenvalue weighted by Crippen LogP contribution is -2.29. The van der Waals surface area contributed by atoms with Crippen LogP contribution in [0.3, 0.4) is 0 Å². The Morgan fingerprint density at radius 1 is 1.13 bits per heavy atom. The largest absolute Gasteiger partial charge is 0.431 e. The zero-order valence-electron chi connectivity index (χ0n) is 7.11. The van der Waals surface area contributed by atoms with Crippen LogP contribution in [0.5, 0.6) is 5.75 Å². The van der Waals surface area contributed by atoms with Gasteiger partial charge in [-0.05, 0) is 0 Å². The predicted octanol–water partition coefficient (Wildman–Crippen LogP) is 2.07. The molecule has 0 amide bonds. The Kier molecular flexibility index (Phi) is 3.13. The molecular formula is C8H5F5O2. The summed E-state index contributed by atoms with van der Waals surface area (Å²) in [6.45, 7) is -1.66. The number of hydrogen-bond acceptors (Lipinski definition) is 2. The first kappa shape index (κ1) is 11.7. The van der Waals surface area contributed by atoms with Gasteiger partial charge in [0.2, 0.25) is 0 Å². The lowest BCUT2D eigenvalue weighted by molar-refractivity contribution is -0.201. The van der Waals surface area contributed by atoms with Gasteiger partial charge in [-0.2, -0.15) is 8.78 Å². The van der Waals surface area contributed by atoms with E-state index in [1.54, 1.807) is 0 Å². The molecule has 0 radical (unpaired) electrons. The molecule has 0 aliphatic carbocycles. The second kappa shape index (κ2) is 4.01. The van der Waals surface area contributed by atoms with E-state index < -0.39 is 35.9 Å². The van der Waals surface area contributed by atoms with Crippen LogP contribution in [0, 0.1) is 17.5 Å². The van der Waals surface area contributed by atoms with Gasteiger partial charge in [0.1, 0.15) is 12.4 Å². The molecule has 0 atom stereocenters. The van der Waals surface area contributed by atoms with Crippen molar-refractivity contribution in [2.24, 2.45) is 0 Å². The van der Waals surface area contributed by atoms with Crippen molar-refractivity contribution in [1.29, 1.82) is 0 Å². The molecule has 84 valence electrons. The zero-order valence-corrected chi connectivity index (χ0v) is 7.11. The van der Waals surface area contributed by atoms with Crippen LogP contribution in [0.25, 0.3) is 0 Å². The molecule has 0 unspecified atom stereocenters. The first-order chi connectivity index (χ1) is 6.85. The van der Waals surface area contributed by atoms with Crippen LogP contribution in [0.15, 0.2) is 12.1 Å². The molecule has 0 aliphatic heterocycles. The highest BCUT2D eigenvalue weighted by molar-refractivity contribution is 5.25. The van der Waals surface area contributed by atoms with E-state index in [0.717, 1.165) is 0 Å². The number of alkyl halides is 2. The second-order valence-electron chi connectivity index (χ2n) is 2.60. The van der Waals surface area contributed by atoms with Crippen molar-refractivity contribution in [3.63, 3.8) is 0 Å². The van der Waals surface area contributed by atoms with Gasteiger partial charge in [-0.3, -0.25) is 0 Å². The first-order valence-electron chi connectivity index (χ1n) is 3.68. The van der Waals surface area contributed by atoms with Crippen LogP contribution in [0.2, 0.25) is 0 Å². The summed E-state index contributed by atoms with van der Waals surface area (Å²) in [5, 5.41) is 8.11. The number of benzene rings is 1. The molecule has 0 heterocycles. The van der Waals surface area contributed by atoms with Crippen LogP contribution < -0.4 is 4.74 Å². The summed E-state index contributed by atoms with van der Waals surface area (Å²) in [4.78, 5) is 0. The Balaban J connectivity index is 2.98. The van der Waals surface area contributed by atoms with Gasteiger partial charge in [0.25, 0.3) is 0 Å². The molecule has 0 saturated heterocycles. The van der Waals surface area contributed by atoms with Crippen molar-refractivity contribution in [3.05, 3.63) is 29.6 Å². The monoisotopic (exact) mass is 228 g/mol. The molecular weight excluding hydrogens is 223 g/mol. The number of aliphatic hydroxyl groups is 1. The molecule has 1 aromatic rings. The third-order valence-electron chi connectivity index (χ3n) is 1.41. The lowest BCUT2D eigenvalue weighted by Gasteiger charge is -2.15. The standard InChI is InChI=1S/C8H5F5O2/c9-5-1-4(2-6(10)7(5)11)15-8(12,13)3-14/h1-2,14H,3H2. The second-order valence-corrected chi connectivity index (χ2v) is 2.60. The highest BCUT2D eigenvalue weighted by atomic mass is 19.3.